The van der Waals surface area contributed by atoms with Crippen molar-refractivity contribution in [3.05, 3.63) is 86.6 Å². The molecule has 3 rings (SSSR count). The predicted molar refractivity (Wildman–Crippen MR) is 101 cm³/mol. The van der Waals surface area contributed by atoms with Gasteiger partial charge in [0.15, 0.2) is 0 Å². The maximum Gasteiger partial charge on any atom is 0.338 e. The summed E-state index contributed by atoms with van der Waals surface area (Å²) in [6.07, 6.45) is 0. The molecule has 144 valence electrons. The summed E-state index contributed by atoms with van der Waals surface area (Å²) in [5.41, 5.74) is 2.76. The van der Waals surface area contributed by atoms with Crippen molar-refractivity contribution in [2.24, 2.45) is 0 Å². The van der Waals surface area contributed by atoms with E-state index in [1.54, 1.807) is 13.0 Å². The van der Waals surface area contributed by atoms with Gasteiger partial charge in [-0.25, -0.2) is 9.59 Å². The van der Waals surface area contributed by atoms with Crippen molar-refractivity contribution in [1.82, 2.24) is 10.6 Å². The summed E-state index contributed by atoms with van der Waals surface area (Å²) in [4.78, 5) is 35.2. The number of non-ortho nitro benzene ring substituents is 1. The quantitative estimate of drug-likeness (QED) is 0.469. The molecular weight excluding hydrogens is 362 g/mol. The number of allylic oxidation sites excluding steroid dienone is 1. The van der Waals surface area contributed by atoms with E-state index in [2.05, 4.69) is 10.6 Å². The number of amides is 2. The second-order valence-corrected chi connectivity index (χ2v) is 6.48. The monoisotopic (exact) mass is 381 g/mol. The van der Waals surface area contributed by atoms with Crippen LogP contribution >= 0.6 is 0 Å². The zero-order valence-corrected chi connectivity index (χ0v) is 15.4. The molecule has 0 fully saturated rings. The summed E-state index contributed by atoms with van der Waals surface area (Å²) in [6.45, 7) is 3.63. The van der Waals surface area contributed by atoms with Crippen molar-refractivity contribution >= 4 is 17.7 Å². The Balaban J connectivity index is 1.86. The molecule has 0 aliphatic carbocycles. The summed E-state index contributed by atoms with van der Waals surface area (Å²) in [5, 5.41) is 16.2. The molecule has 0 unspecified atom stereocenters. The molecule has 1 atom stereocenters. The van der Waals surface area contributed by atoms with Crippen molar-refractivity contribution in [3.8, 4) is 0 Å². The van der Waals surface area contributed by atoms with E-state index < -0.39 is 23.0 Å². The van der Waals surface area contributed by atoms with Crippen LogP contribution in [-0.4, -0.2) is 16.9 Å². The first-order valence-corrected chi connectivity index (χ1v) is 8.60. The number of benzene rings is 2. The summed E-state index contributed by atoms with van der Waals surface area (Å²) < 4.78 is 5.42. The number of ether oxygens (including phenoxy) is 1. The molecule has 1 heterocycles. The maximum atomic E-state index is 12.8. The van der Waals surface area contributed by atoms with Gasteiger partial charge in [-0.2, -0.15) is 0 Å². The van der Waals surface area contributed by atoms with Gasteiger partial charge < -0.3 is 15.4 Å². The van der Waals surface area contributed by atoms with Crippen LogP contribution < -0.4 is 10.6 Å². The van der Waals surface area contributed by atoms with Crippen LogP contribution in [0.5, 0.6) is 0 Å². The fraction of sp³-hybridized carbons (Fsp3) is 0.200. The third kappa shape index (κ3) is 4.17. The number of nitrogens with zero attached hydrogens (tertiary/aromatic N) is 1. The molecular formula is C20H19N3O5. The minimum absolute atomic E-state index is 0.0749. The van der Waals surface area contributed by atoms with E-state index in [1.807, 2.05) is 31.2 Å². The number of urea groups is 1. The Morgan fingerprint density at radius 2 is 1.89 bits per heavy atom. The fourth-order valence-corrected chi connectivity index (χ4v) is 2.94. The van der Waals surface area contributed by atoms with E-state index in [4.69, 9.17) is 4.74 Å². The number of hydrogen-bond donors (Lipinski definition) is 2. The number of nitro benzene ring substituents is 1. The van der Waals surface area contributed by atoms with E-state index in [0.29, 0.717) is 11.3 Å². The van der Waals surface area contributed by atoms with Crippen LogP contribution in [0.1, 0.15) is 29.7 Å². The first-order chi connectivity index (χ1) is 13.3. The smallest absolute Gasteiger partial charge is 0.338 e. The minimum atomic E-state index is -0.848. The molecule has 2 amide bonds. The van der Waals surface area contributed by atoms with E-state index in [9.17, 15) is 19.7 Å². The van der Waals surface area contributed by atoms with Crippen molar-refractivity contribution in [2.75, 3.05) is 0 Å². The van der Waals surface area contributed by atoms with Gasteiger partial charge in [-0.15, -0.1) is 0 Å². The molecule has 8 nitrogen and oxygen atoms in total. The molecule has 2 aromatic rings. The molecule has 2 aromatic carbocycles. The number of rotatable bonds is 5. The van der Waals surface area contributed by atoms with Crippen LogP contribution in [-0.2, 0) is 16.1 Å². The van der Waals surface area contributed by atoms with Gasteiger partial charge in [0.05, 0.1) is 16.5 Å². The highest BCUT2D eigenvalue weighted by molar-refractivity contribution is 5.95. The first-order valence-electron chi connectivity index (χ1n) is 8.60. The third-order valence-electron chi connectivity index (χ3n) is 4.39. The van der Waals surface area contributed by atoms with Crippen LogP contribution in [0.2, 0.25) is 0 Å². The highest BCUT2D eigenvalue weighted by Gasteiger charge is 2.32. The molecule has 8 heteroatoms. The molecule has 0 bridgehead atoms. The Kier molecular flexibility index (Phi) is 5.39. The van der Waals surface area contributed by atoms with Gasteiger partial charge in [-0.1, -0.05) is 42.0 Å². The second-order valence-electron chi connectivity index (χ2n) is 6.48. The predicted octanol–water partition coefficient (Wildman–Crippen LogP) is 3.27. The SMILES string of the molecule is CC1=C(C(=O)OCc2ccc(C)cc2)[C@H](c2cccc([N+](=O)[O-])c2)NC(=O)N1. The Morgan fingerprint density at radius 1 is 1.18 bits per heavy atom. The highest BCUT2D eigenvalue weighted by Crippen LogP contribution is 2.29. The topological polar surface area (TPSA) is 111 Å². The lowest BCUT2D eigenvalue weighted by Gasteiger charge is -2.28. The van der Waals surface area contributed by atoms with Crippen molar-refractivity contribution in [1.29, 1.82) is 0 Å². The van der Waals surface area contributed by atoms with Crippen LogP contribution in [0.3, 0.4) is 0 Å². The van der Waals surface area contributed by atoms with Gasteiger partial charge in [-0.3, -0.25) is 10.1 Å². The van der Waals surface area contributed by atoms with Gasteiger partial charge in [0.2, 0.25) is 0 Å². The highest BCUT2D eigenvalue weighted by atomic mass is 16.6. The Hall–Kier alpha value is -3.68. The van der Waals surface area contributed by atoms with Gasteiger partial charge in [0.1, 0.15) is 6.61 Å². The average Bonchev–Trinajstić information content (AvgIpc) is 2.66. The van der Waals surface area contributed by atoms with Crippen molar-refractivity contribution < 1.29 is 19.2 Å². The van der Waals surface area contributed by atoms with Gasteiger partial charge >= 0.3 is 12.0 Å². The minimum Gasteiger partial charge on any atom is -0.457 e. The Morgan fingerprint density at radius 3 is 2.57 bits per heavy atom. The number of carbonyl (C=O) groups excluding carboxylic acids is 2. The molecule has 1 aliphatic rings. The summed E-state index contributed by atoms with van der Waals surface area (Å²) in [5.74, 6) is -0.609. The summed E-state index contributed by atoms with van der Waals surface area (Å²) in [7, 11) is 0. The summed E-state index contributed by atoms with van der Waals surface area (Å²) >= 11 is 0. The molecule has 28 heavy (non-hydrogen) atoms. The van der Waals surface area contributed by atoms with Gasteiger partial charge in [0.25, 0.3) is 5.69 Å². The van der Waals surface area contributed by atoms with Crippen LogP contribution in [0, 0.1) is 17.0 Å². The molecule has 0 saturated heterocycles. The molecule has 0 aromatic heterocycles. The Bertz CT molecular complexity index is 966. The molecule has 0 radical (unpaired) electrons. The molecule has 0 saturated carbocycles. The van der Waals surface area contributed by atoms with Gasteiger partial charge in [0, 0.05) is 17.8 Å². The number of carbonyl (C=O) groups is 2. The number of hydrogen-bond acceptors (Lipinski definition) is 5. The molecule has 0 spiro atoms. The number of esters is 1. The summed E-state index contributed by atoms with van der Waals surface area (Å²) in [6, 6.07) is 12.0. The normalized spacial score (nSPS) is 16.2. The zero-order valence-electron chi connectivity index (χ0n) is 15.4. The zero-order chi connectivity index (χ0) is 20.3. The van der Waals surface area contributed by atoms with E-state index in [-0.39, 0.29) is 17.9 Å². The van der Waals surface area contributed by atoms with Crippen molar-refractivity contribution in [3.63, 3.8) is 0 Å². The largest absolute Gasteiger partial charge is 0.457 e. The van der Waals surface area contributed by atoms with Crippen LogP contribution in [0.15, 0.2) is 59.8 Å². The fourth-order valence-electron chi connectivity index (χ4n) is 2.94. The standard InChI is InChI=1S/C20H19N3O5/c1-12-6-8-14(9-7-12)11-28-19(24)17-13(2)21-20(25)22-18(17)15-4-3-5-16(10-15)23(26)27/h3-10,18H,11H2,1-2H3,(H2,21,22,25)/t18-/m0/s1. The van der Waals surface area contributed by atoms with E-state index in [1.165, 1.54) is 18.2 Å². The lowest BCUT2D eigenvalue weighted by molar-refractivity contribution is -0.384. The number of nitro groups is 1. The Labute approximate surface area is 161 Å². The lowest BCUT2D eigenvalue weighted by Crippen LogP contribution is -2.45. The van der Waals surface area contributed by atoms with E-state index >= 15 is 0 Å². The molecule has 2 N–H and O–H groups in total. The van der Waals surface area contributed by atoms with Gasteiger partial charge in [-0.05, 0) is 25.0 Å². The average molecular weight is 381 g/mol. The number of nitrogens with one attached hydrogen (secondary N) is 2. The lowest BCUT2D eigenvalue weighted by atomic mass is 9.95. The van der Waals surface area contributed by atoms with Crippen LogP contribution in [0.25, 0.3) is 0 Å². The van der Waals surface area contributed by atoms with Crippen molar-refractivity contribution in [2.45, 2.75) is 26.5 Å². The first kappa shape index (κ1) is 19.1. The third-order valence-corrected chi connectivity index (χ3v) is 4.39. The number of aryl methyl sites for hydroxylation is 1. The maximum absolute atomic E-state index is 12.8. The second kappa shape index (κ2) is 7.91. The van der Waals surface area contributed by atoms with Crippen LogP contribution in [0.4, 0.5) is 10.5 Å². The molecule has 1 aliphatic heterocycles. The van der Waals surface area contributed by atoms with E-state index in [0.717, 1.165) is 11.1 Å².